The van der Waals surface area contributed by atoms with Gasteiger partial charge in [-0.3, -0.25) is 4.90 Å². The van der Waals surface area contributed by atoms with Gasteiger partial charge in [0.1, 0.15) is 11.0 Å². The fourth-order valence-corrected chi connectivity index (χ4v) is 2.31. The number of hydrogen-bond donors (Lipinski definition) is 1. The van der Waals surface area contributed by atoms with E-state index < -0.39 is 20.8 Å². The Morgan fingerprint density at radius 2 is 1.75 bits per heavy atom. The molecule has 8 heteroatoms. The van der Waals surface area contributed by atoms with Crippen molar-refractivity contribution in [2.45, 2.75) is 31.7 Å². The number of carbonyl (C=O) groups is 1. The molecule has 0 aromatic rings. The van der Waals surface area contributed by atoms with Crippen LogP contribution in [0.25, 0.3) is 0 Å². The standard InChI is InChI=1S/C12H25N3O4S/c1-12(2,3)19-11(16)15-7-5-14(6-8-15)9-10(13)20(4,17)18/h10H,5-9,13H2,1-4H3. The highest BCUT2D eigenvalue weighted by molar-refractivity contribution is 7.91. The summed E-state index contributed by atoms with van der Waals surface area (Å²) >= 11 is 0. The van der Waals surface area contributed by atoms with E-state index in [9.17, 15) is 13.2 Å². The topological polar surface area (TPSA) is 92.9 Å². The molecule has 0 saturated carbocycles. The molecule has 1 heterocycles. The summed E-state index contributed by atoms with van der Waals surface area (Å²) in [4.78, 5) is 15.5. The van der Waals surface area contributed by atoms with Crippen LogP contribution < -0.4 is 5.73 Å². The Hall–Kier alpha value is -0.860. The van der Waals surface area contributed by atoms with Gasteiger partial charge in [0.05, 0.1) is 0 Å². The first-order chi connectivity index (χ1) is 8.99. The van der Waals surface area contributed by atoms with Gasteiger partial charge in [0.25, 0.3) is 0 Å². The Labute approximate surface area is 121 Å². The zero-order valence-electron chi connectivity index (χ0n) is 12.6. The van der Waals surface area contributed by atoms with Crippen molar-refractivity contribution in [2.75, 3.05) is 39.0 Å². The smallest absolute Gasteiger partial charge is 0.410 e. The molecule has 0 spiro atoms. The number of ether oxygens (including phenoxy) is 1. The van der Waals surface area contributed by atoms with Crippen LogP contribution >= 0.6 is 0 Å². The highest BCUT2D eigenvalue weighted by Gasteiger charge is 2.27. The van der Waals surface area contributed by atoms with E-state index in [1.807, 2.05) is 25.7 Å². The van der Waals surface area contributed by atoms with Crippen LogP contribution in [0.2, 0.25) is 0 Å². The van der Waals surface area contributed by atoms with E-state index in [0.29, 0.717) is 32.7 Å². The van der Waals surface area contributed by atoms with E-state index in [-0.39, 0.29) is 6.09 Å². The number of nitrogens with two attached hydrogens (primary N) is 1. The second-order valence-electron chi connectivity index (χ2n) is 6.14. The summed E-state index contributed by atoms with van der Waals surface area (Å²) in [5.41, 5.74) is 5.12. The molecule has 1 atom stereocenters. The average molecular weight is 307 g/mol. The molecule has 0 aliphatic carbocycles. The van der Waals surface area contributed by atoms with Gasteiger partial charge in [-0.1, -0.05) is 0 Å². The van der Waals surface area contributed by atoms with Gasteiger partial charge in [0.2, 0.25) is 0 Å². The third-order valence-electron chi connectivity index (χ3n) is 3.01. The maximum Gasteiger partial charge on any atom is 0.410 e. The SMILES string of the molecule is CC(C)(C)OC(=O)N1CCN(CC(N)S(C)(=O)=O)CC1. The van der Waals surface area contributed by atoms with Gasteiger partial charge in [-0.25, -0.2) is 13.2 Å². The molecular weight excluding hydrogens is 282 g/mol. The monoisotopic (exact) mass is 307 g/mol. The van der Waals surface area contributed by atoms with Crippen LogP contribution in [0.4, 0.5) is 4.79 Å². The van der Waals surface area contributed by atoms with Crippen LogP contribution in [0.15, 0.2) is 0 Å². The highest BCUT2D eigenvalue weighted by atomic mass is 32.2. The quantitative estimate of drug-likeness (QED) is 0.780. The summed E-state index contributed by atoms with van der Waals surface area (Å²) in [5, 5.41) is -0.879. The second kappa shape index (κ2) is 6.28. The maximum absolute atomic E-state index is 11.9. The molecule has 118 valence electrons. The highest BCUT2D eigenvalue weighted by Crippen LogP contribution is 2.12. The lowest BCUT2D eigenvalue weighted by Crippen LogP contribution is -2.53. The third kappa shape index (κ3) is 5.64. The Bertz CT molecular complexity index is 436. The Kier molecular flexibility index (Phi) is 5.39. The molecule has 0 aromatic heterocycles. The third-order valence-corrected chi connectivity index (χ3v) is 4.26. The number of carbonyl (C=O) groups excluding carboxylic acids is 1. The molecule has 1 fully saturated rings. The summed E-state index contributed by atoms with van der Waals surface area (Å²) in [6.07, 6.45) is 0.804. The lowest BCUT2D eigenvalue weighted by molar-refractivity contribution is 0.0145. The van der Waals surface area contributed by atoms with E-state index in [1.54, 1.807) is 4.90 Å². The number of piperazine rings is 1. The first-order valence-electron chi connectivity index (χ1n) is 6.64. The lowest BCUT2D eigenvalue weighted by atomic mass is 10.2. The van der Waals surface area contributed by atoms with E-state index in [1.165, 1.54) is 0 Å². The van der Waals surface area contributed by atoms with Gasteiger partial charge >= 0.3 is 6.09 Å². The molecule has 0 bridgehead atoms. The van der Waals surface area contributed by atoms with Crippen LogP contribution in [0.1, 0.15) is 20.8 Å². The average Bonchev–Trinajstić information content (AvgIpc) is 2.26. The van der Waals surface area contributed by atoms with Crippen LogP contribution in [0.5, 0.6) is 0 Å². The molecule has 1 unspecified atom stereocenters. The van der Waals surface area contributed by atoms with Gasteiger partial charge in [-0.15, -0.1) is 0 Å². The van der Waals surface area contributed by atoms with Gasteiger partial charge in [0.15, 0.2) is 9.84 Å². The van der Waals surface area contributed by atoms with Crippen LogP contribution in [-0.2, 0) is 14.6 Å². The number of sulfone groups is 1. The molecule has 20 heavy (non-hydrogen) atoms. The summed E-state index contributed by atoms with van der Waals surface area (Å²) in [5.74, 6) is 0. The van der Waals surface area contributed by atoms with Gasteiger partial charge in [0, 0.05) is 39.0 Å². The zero-order chi connectivity index (χ0) is 15.6. The number of amides is 1. The molecule has 7 nitrogen and oxygen atoms in total. The van der Waals surface area contributed by atoms with Gasteiger partial charge < -0.3 is 15.4 Å². The predicted molar refractivity (Wildman–Crippen MR) is 77.1 cm³/mol. The Morgan fingerprint density at radius 1 is 1.25 bits per heavy atom. The largest absolute Gasteiger partial charge is 0.444 e. The molecular formula is C12H25N3O4S. The lowest BCUT2D eigenvalue weighted by Gasteiger charge is -2.36. The van der Waals surface area contributed by atoms with Gasteiger partial charge in [-0.2, -0.15) is 0 Å². The minimum atomic E-state index is -3.23. The summed E-state index contributed by atoms with van der Waals surface area (Å²) < 4.78 is 27.9. The molecule has 1 aliphatic rings. The normalized spacial score (nSPS) is 19.8. The molecule has 2 N–H and O–H groups in total. The van der Waals surface area contributed by atoms with E-state index in [4.69, 9.17) is 10.5 Å². The molecule has 0 radical (unpaired) electrons. The van der Waals surface area contributed by atoms with Crippen LogP contribution in [0, 0.1) is 0 Å². The minimum absolute atomic E-state index is 0.293. The molecule has 1 amide bonds. The maximum atomic E-state index is 11.9. The summed E-state index contributed by atoms with van der Waals surface area (Å²) in [6.45, 7) is 8.01. The minimum Gasteiger partial charge on any atom is -0.444 e. The van der Waals surface area contributed by atoms with Crippen molar-refractivity contribution in [2.24, 2.45) is 5.73 Å². The van der Waals surface area contributed by atoms with Crippen molar-refractivity contribution in [1.82, 2.24) is 9.80 Å². The van der Waals surface area contributed by atoms with E-state index >= 15 is 0 Å². The predicted octanol–water partition coefficient (Wildman–Crippen LogP) is -0.131. The molecule has 0 aromatic carbocycles. The van der Waals surface area contributed by atoms with E-state index in [2.05, 4.69) is 0 Å². The number of hydrogen-bond acceptors (Lipinski definition) is 6. The Morgan fingerprint density at radius 3 is 2.15 bits per heavy atom. The first-order valence-corrected chi connectivity index (χ1v) is 8.59. The molecule has 1 saturated heterocycles. The van der Waals surface area contributed by atoms with Crippen LogP contribution in [-0.4, -0.2) is 74.3 Å². The number of nitrogens with zero attached hydrogens (tertiary/aromatic N) is 2. The van der Waals surface area contributed by atoms with Gasteiger partial charge in [-0.05, 0) is 20.8 Å². The molecule has 1 rings (SSSR count). The van der Waals surface area contributed by atoms with Crippen molar-refractivity contribution < 1.29 is 17.9 Å². The zero-order valence-corrected chi connectivity index (χ0v) is 13.4. The number of rotatable bonds is 3. The van der Waals surface area contributed by atoms with Crippen molar-refractivity contribution in [3.05, 3.63) is 0 Å². The second-order valence-corrected chi connectivity index (χ2v) is 8.40. The van der Waals surface area contributed by atoms with Crippen molar-refractivity contribution >= 4 is 15.9 Å². The van der Waals surface area contributed by atoms with Crippen molar-refractivity contribution in [1.29, 1.82) is 0 Å². The fraction of sp³-hybridized carbons (Fsp3) is 0.917. The van der Waals surface area contributed by atoms with Crippen LogP contribution in [0.3, 0.4) is 0 Å². The van der Waals surface area contributed by atoms with Crippen molar-refractivity contribution in [3.8, 4) is 0 Å². The Balaban J connectivity index is 2.42. The fourth-order valence-electron chi connectivity index (χ4n) is 1.83. The summed E-state index contributed by atoms with van der Waals surface area (Å²) in [6, 6.07) is 0. The summed E-state index contributed by atoms with van der Waals surface area (Å²) in [7, 11) is -3.23. The van der Waals surface area contributed by atoms with Crippen molar-refractivity contribution in [3.63, 3.8) is 0 Å². The molecule has 1 aliphatic heterocycles. The first kappa shape index (κ1) is 17.2. The van der Waals surface area contributed by atoms with E-state index in [0.717, 1.165) is 6.26 Å².